The van der Waals surface area contributed by atoms with E-state index in [-0.39, 0.29) is 5.78 Å². The Bertz CT molecular complexity index is 761. The second-order valence-electron chi connectivity index (χ2n) is 10.6. The van der Waals surface area contributed by atoms with E-state index in [1.54, 1.807) is 13.0 Å². The molecule has 5 rings (SSSR count). The third-order valence-electron chi connectivity index (χ3n) is 8.37. The molecule has 1 N–H and O–H groups in total. The minimum absolute atomic E-state index is 0.102. The Balaban J connectivity index is 1.28. The van der Waals surface area contributed by atoms with Crippen molar-refractivity contribution in [3.8, 4) is 0 Å². The molecule has 0 aromatic heterocycles. The highest BCUT2D eigenvalue weighted by atomic mass is 16.1. The Morgan fingerprint density at radius 2 is 1.57 bits per heavy atom. The fraction of sp³-hybridized carbons (Fsp3) is 0.667. The smallest absolute Gasteiger partial charge is 0.152 e. The van der Waals surface area contributed by atoms with E-state index in [4.69, 9.17) is 0 Å². The summed E-state index contributed by atoms with van der Waals surface area (Å²) >= 11 is 0. The van der Waals surface area contributed by atoms with Crippen LogP contribution in [0.4, 0.5) is 5.69 Å². The summed E-state index contributed by atoms with van der Waals surface area (Å²) in [5, 5.41) is 3.88. The highest BCUT2D eigenvalue weighted by Crippen LogP contribution is 2.46. The van der Waals surface area contributed by atoms with E-state index in [1.807, 2.05) is 6.08 Å². The zero-order chi connectivity index (χ0) is 20.5. The standard InChI is InChI=1S/C27H38N2O/c1-19(30)12-13-22-8-2-3-11-27(22)28-23-17-24-9-5-10-25(18-23)29(24)26-15-20-6-4-7-21(14-20)16-26/h2-3,8,11-13,20-21,23-26,28H,4-7,9-10,14-18H2,1H3/b13-12+/t20-,21+,23-,24+,25-,26+. The lowest BCUT2D eigenvalue weighted by Gasteiger charge is -2.55. The molecule has 2 saturated heterocycles. The first-order chi connectivity index (χ1) is 14.7. The number of nitrogens with one attached hydrogen (secondary N) is 1. The second-order valence-corrected chi connectivity index (χ2v) is 10.6. The monoisotopic (exact) mass is 406 g/mol. The van der Waals surface area contributed by atoms with Crippen molar-refractivity contribution in [2.75, 3.05) is 5.32 Å². The first-order valence-corrected chi connectivity index (χ1v) is 12.5. The number of para-hydroxylation sites is 1. The maximum atomic E-state index is 11.4. The van der Waals surface area contributed by atoms with E-state index in [9.17, 15) is 4.79 Å². The Hall–Kier alpha value is -1.61. The third kappa shape index (κ3) is 4.37. The molecule has 30 heavy (non-hydrogen) atoms. The van der Waals surface area contributed by atoms with Crippen molar-refractivity contribution in [3.63, 3.8) is 0 Å². The molecule has 6 atom stereocenters. The van der Waals surface area contributed by atoms with Gasteiger partial charge in [-0.2, -0.15) is 0 Å². The van der Waals surface area contributed by atoms with E-state index in [0.29, 0.717) is 6.04 Å². The Labute approximate surface area is 182 Å². The van der Waals surface area contributed by atoms with Crippen molar-refractivity contribution in [2.45, 2.75) is 102 Å². The van der Waals surface area contributed by atoms with Crippen LogP contribution in [-0.2, 0) is 4.79 Å². The molecule has 1 aromatic carbocycles. The quantitative estimate of drug-likeness (QED) is 0.604. The number of rotatable bonds is 5. The number of hydrogen-bond acceptors (Lipinski definition) is 3. The molecule has 2 aliphatic heterocycles. The fourth-order valence-electron chi connectivity index (χ4n) is 7.27. The molecule has 3 nitrogen and oxygen atoms in total. The Morgan fingerprint density at radius 1 is 0.900 bits per heavy atom. The van der Waals surface area contributed by atoms with Gasteiger partial charge in [-0.05, 0) is 87.5 Å². The molecule has 162 valence electrons. The van der Waals surface area contributed by atoms with Crippen molar-refractivity contribution in [1.82, 2.24) is 4.90 Å². The van der Waals surface area contributed by atoms with Gasteiger partial charge in [0.1, 0.15) is 0 Å². The number of anilines is 1. The van der Waals surface area contributed by atoms with Gasteiger partial charge in [-0.1, -0.05) is 43.9 Å². The maximum Gasteiger partial charge on any atom is 0.152 e. The summed E-state index contributed by atoms with van der Waals surface area (Å²) in [4.78, 5) is 14.4. The summed E-state index contributed by atoms with van der Waals surface area (Å²) in [6, 6.07) is 11.4. The van der Waals surface area contributed by atoms with Crippen molar-refractivity contribution in [3.05, 3.63) is 35.9 Å². The average molecular weight is 407 g/mol. The highest BCUT2D eigenvalue weighted by molar-refractivity contribution is 5.92. The van der Waals surface area contributed by atoms with Gasteiger partial charge >= 0.3 is 0 Å². The van der Waals surface area contributed by atoms with Crippen LogP contribution in [0.3, 0.4) is 0 Å². The maximum absolute atomic E-state index is 11.4. The van der Waals surface area contributed by atoms with Gasteiger partial charge in [0.2, 0.25) is 0 Å². The van der Waals surface area contributed by atoms with Gasteiger partial charge in [-0.3, -0.25) is 9.69 Å². The normalized spacial score (nSPS) is 36.6. The van der Waals surface area contributed by atoms with E-state index in [0.717, 1.165) is 35.5 Å². The van der Waals surface area contributed by atoms with Crippen molar-refractivity contribution < 1.29 is 4.79 Å². The zero-order valence-corrected chi connectivity index (χ0v) is 18.6. The van der Waals surface area contributed by atoms with Crippen LogP contribution in [0.15, 0.2) is 30.3 Å². The van der Waals surface area contributed by atoms with E-state index in [1.165, 1.54) is 76.3 Å². The molecule has 4 fully saturated rings. The van der Waals surface area contributed by atoms with Gasteiger partial charge < -0.3 is 5.32 Å². The minimum Gasteiger partial charge on any atom is -0.382 e. The number of ketones is 1. The molecule has 3 heteroatoms. The molecule has 0 amide bonds. The number of fused-ring (bicyclic) bond motifs is 4. The van der Waals surface area contributed by atoms with E-state index >= 15 is 0 Å². The summed E-state index contributed by atoms with van der Waals surface area (Å²) in [6.45, 7) is 1.61. The Morgan fingerprint density at radius 3 is 2.27 bits per heavy atom. The summed E-state index contributed by atoms with van der Waals surface area (Å²) in [7, 11) is 0. The summed E-state index contributed by atoms with van der Waals surface area (Å²) < 4.78 is 0. The first kappa shape index (κ1) is 20.3. The molecule has 4 bridgehead atoms. The van der Waals surface area contributed by atoms with Crippen molar-refractivity contribution >= 4 is 17.5 Å². The first-order valence-electron chi connectivity index (χ1n) is 12.5. The summed E-state index contributed by atoms with van der Waals surface area (Å²) in [6.07, 6.45) is 19.3. The fourth-order valence-corrected chi connectivity index (χ4v) is 7.27. The van der Waals surface area contributed by atoms with Crippen LogP contribution in [0, 0.1) is 11.8 Å². The van der Waals surface area contributed by atoms with E-state index in [2.05, 4.69) is 34.5 Å². The number of allylic oxidation sites excluding steroid dienone is 1. The molecule has 2 heterocycles. The van der Waals surface area contributed by atoms with Crippen LogP contribution >= 0.6 is 0 Å². The zero-order valence-electron chi connectivity index (χ0n) is 18.6. The molecule has 0 spiro atoms. The van der Waals surface area contributed by atoms with Gasteiger partial charge in [0, 0.05) is 29.9 Å². The molecular weight excluding hydrogens is 368 g/mol. The van der Waals surface area contributed by atoms with Crippen molar-refractivity contribution in [1.29, 1.82) is 0 Å². The largest absolute Gasteiger partial charge is 0.382 e. The van der Waals surface area contributed by atoms with Crippen molar-refractivity contribution in [2.24, 2.45) is 11.8 Å². The molecule has 0 radical (unpaired) electrons. The molecule has 2 saturated carbocycles. The number of carbonyl (C=O) groups excluding carboxylic acids is 1. The molecule has 4 aliphatic rings. The second kappa shape index (κ2) is 8.86. The van der Waals surface area contributed by atoms with Crippen LogP contribution in [0.5, 0.6) is 0 Å². The van der Waals surface area contributed by atoms with E-state index < -0.39 is 0 Å². The lowest BCUT2D eigenvalue weighted by atomic mass is 9.68. The lowest BCUT2D eigenvalue weighted by molar-refractivity contribution is -0.112. The van der Waals surface area contributed by atoms with Crippen LogP contribution in [0.25, 0.3) is 6.08 Å². The van der Waals surface area contributed by atoms with Crippen LogP contribution in [0.1, 0.15) is 83.1 Å². The summed E-state index contributed by atoms with van der Waals surface area (Å²) in [5.74, 6) is 2.13. The van der Waals surface area contributed by atoms with Crippen LogP contribution < -0.4 is 5.32 Å². The van der Waals surface area contributed by atoms with Crippen LogP contribution in [-0.4, -0.2) is 34.9 Å². The predicted molar refractivity (Wildman–Crippen MR) is 125 cm³/mol. The van der Waals surface area contributed by atoms with Crippen LogP contribution in [0.2, 0.25) is 0 Å². The number of hydrogen-bond donors (Lipinski definition) is 1. The molecule has 2 aliphatic carbocycles. The number of nitrogens with zero attached hydrogens (tertiary/aromatic N) is 1. The minimum atomic E-state index is 0.102. The SMILES string of the molecule is CC(=O)/C=C/c1ccccc1N[C@H]1C[C@H]2CCC[C@@H](C1)N2[C@H]1C[C@@H]2CCC[C@@H](C2)C1. The topological polar surface area (TPSA) is 32.3 Å². The highest BCUT2D eigenvalue weighted by Gasteiger charge is 2.44. The predicted octanol–water partition coefficient (Wildman–Crippen LogP) is 6.06. The van der Waals surface area contributed by atoms with Gasteiger partial charge in [-0.25, -0.2) is 0 Å². The van der Waals surface area contributed by atoms with Gasteiger partial charge in [0.15, 0.2) is 5.78 Å². The Kier molecular flexibility index (Phi) is 6.00. The number of carbonyl (C=O) groups is 1. The number of benzene rings is 1. The summed E-state index contributed by atoms with van der Waals surface area (Å²) in [5.41, 5.74) is 2.30. The third-order valence-corrected chi connectivity index (χ3v) is 8.37. The lowest BCUT2D eigenvalue weighted by Crippen LogP contribution is -2.60. The molecular formula is C27H38N2O. The average Bonchev–Trinajstić information content (AvgIpc) is 2.72. The van der Waals surface area contributed by atoms with Gasteiger partial charge in [0.05, 0.1) is 0 Å². The molecule has 0 unspecified atom stereocenters. The van der Waals surface area contributed by atoms with Gasteiger partial charge in [-0.15, -0.1) is 0 Å². The number of piperidine rings is 2. The van der Waals surface area contributed by atoms with Gasteiger partial charge in [0.25, 0.3) is 0 Å². The molecule has 1 aromatic rings.